The molecule has 1 atom stereocenters. The Morgan fingerprint density at radius 1 is 1.19 bits per heavy atom. The van der Waals surface area contributed by atoms with Gasteiger partial charge < -0.3 is 24.8 Å². The van der Waals surface area contributed by atoms with Gasteiger partial charge in [-0.2, -0.15) is 0 Å². The highest BCUT2D eigenvalue weighted by molar-refractivity contribution is 6.25. The Morgan fingerprint density at radius 3 is 2.72 bits per heavy atom. The van der Waals surface area contributed by atoms with Crippen molar-refractivity contribution in [2.45, 2.75) is 25.3 Å². The average Bonchev–Trinajstić information content (AvgIpc) is 3.34. The van der Waals surface area contributed by atoms with Crippen LogP contribution in [0.15, 0.2) is 42.5 Å². The fraction of sp³-hybridized carbons (Fsp3) is 0.370. The molecule has 9 heteroatoms. The van der Waals surface area contributed by atoms with Crippen LogP contribution in [-0.2, 0) is 16.8 Å². The van der Waals surface area contributed by atoms with Gasteiger partial charge in [0.05, 0.1) is 24.1 Å². The first-order valence-electron chi connectivity index (χ1n) is 12.1. The predicted octanol–water partition coefficient (Wildman–Crippen LogP) is 3.10. The van der Waals surface area contributed by atoms with Crippen LogP contribution in [0, 0.1) is 0 Å². The molecule has 2 N–H and O–H groups in total. The van der Waals surface area contributed by atoms with E-state index in [1.54, 1.807) is 43.2 Å². The van der Waals surface area contributed by atoms with Gasteiger partial charge in [-0.05, 0) is 76.3 Å². The normalized spacial score (nSPS) is 19.1. The van der Waals surface area contributed by atoms with Crippen molar-refractivity contribution < 1.29 is 19.1 Å². The second kappa shape index (κ2) is 8.98. The van der Waals surface area contributed by atoms with E-state index < -0.39 is 11.6 Å². The SMILES string of the molecule is COc1ccc2[nH]c3c(c2c1)CCN1C(=O)N(c2ccccc2C(=O)NCCCN(C)C)C(=O)C31C. The van der Waals surface area contributed by atoms with Gasteiger partial charge in [0.15, 0.2) is 5.54 Å². The lowest BCUT2D eigenvalue weighted by Gasteiger charge is -2.35. The fourth-order valence-corrected chi connectivity index (χ4v) is 5.31. The molecule has 1 aromatic heterocycles. The molecule has 0 aliphatic carbocycles. The van der Waals surface area contributed by atoms with Crippen LogP contribution in [0.25, 0.3) is 10.9 Å². The van der Waals surface area contributed by atoms with Crippen molar-refractivity contribution in [1.82, 2.24) is 20.1 Å². The van der Waals surface area contributed by atoms with Crippen LogP contribution in [0.2, 0.25) is 0 Å². The van der Waals surface area contributed by atoms with Crippen molar-refractivity contribution in [2.75, 3.05) is 45.7 Å². The van der Waals surface area contributed by atoms with Gasteiger partial charge in [-0.3, -0.25) is 9.59 Å². The Morgan fingerprint density at radius 2 is 1.97 bits per heavy atom. The third-order valence-electron chi connectivity index (χ3n) is 7.22. The number of anilines is 1. The molecule has 3 heterocycles. The second-order valence-corrected chi connectivity index (χ2v) is 9.72. The number of ether oxygens (including phenoxy) is 1. The van der Waals surface area contributed by atoms with Gasteiger partial charge in [0.2, 0.25) is 0 Å². The smallest absolute Gasteiger partial charge is 0.332 e. The molecule has 5 rings (SSSR count). The van der Waals surface area contributed by atoms with Gasteiger partial charge in [-0.15, -0.1) is 0 Å². The second-order valence-electron chi connectivity index (χ2n) is 9.72. The van der Waals surface area contributed by atoms with E-state index in [1.165, 1.54) is 0 Å². The number of amides is 4. The number of hydrogen-bond acceptors (Lipinski definition) is 5. The first-order valence-corrected chi connectivity index (χ1v) is 12.1. The van der Waals surface area contributed by atoms with E-state index >= 15 is 0 Å². The molecule has 0 spiro atoms. The number of urea groups is 1. The van der Waals surface area contributed by atoms with E-state index in [9.17, 15) is 14.4 Å². The third-order valence-corrected chi connectivity index (χ3v) is 7.22. The number of aromatic nitrogens is 1. The number of aromatic amines is 1. The standard InChI is InChI=1S/C27H31N5O4/c1-27-23-18(20-16-17(36-4)10-11-21(20)29-23)12-15-31(27)26(35)32(25(27)34)22-9-6-5-8-19(22)24(33)28-13-7-14-30(2)3/h5-6,8-11,16,29H,7,12-15H2,1-4H3,(H,28,33). The van der Waals surface area contributed by atoms with Gasteiger partial charge in [-0.1, -0.05) is 12.1 Å². The lowest BCUT2D eigenvalue weighted by molar-refractivity contribution is -0.125. The van der Waals surface area contributed by atoms with Crippen LogP contribution in [0.1, 0.15) is 35.0 Å². The molecule has 0 saturated carbocycles. The molecule has 2 aromatic carbocycles. The van der Waals surface area contributed by atoms with Crippen molar-refractivity contribution in [3.8, 4) is 5.75 Å². The maximum absolute atomic E-state index is 14.0. The lowest BCUT2D eigenvalue weighted by Crippen LogP contribution is -2.49. The number of para-hydroxylation sites is 1. The number of rotatable bonds is 7. The number of methoxy groups -OCH3 is 1. The number of carbonyl (C=O) groups excluding carboxylic acids is 3. The molecule has 0 bridgehead atoms. The Bertz CT molecular complexity index is 1360. The Kier molecular flexibility index (Phi) is 5.96. The number of nitrogens with one attached hydrogen (secondary N) is 2. The number of fused-ring (bicyclic) bond motifs is 5. The molecule has 36 heavy (non-hydrogen) atoms. The van der Waals surface area contributed by atoms with Gasteiger partial charge in [0.25, 0.3) is 11.8 Å². The van der Waals surface area contributed by atoms with E-state index in [4.69, 9.17) is 4.74 Å². The van der Waals surface area contributed by atoms with Crippen LogP contribution < -0.4 is 15.0 Å². The summed E-state index contributed by atoms with van der Waals surface area (Å²) in [5, 5.41) is 3.91. The number of H-pyrrole nitrogens is 1. The summed E-state index contributed by atoms with van der Waals surface area (Å²) in [6, 6.07) is 12.1. The fourth-order valence-electron chi connectivity index (χ4n) is 5.31. The first kappa shape index (κ1) is 23.9. The zero-order valence-electron chi connectivity index (χ0n) is 21.1. The van der Waals surface area contributed by atoms with Crippen molar-refractivity contribution in [3.63, 3.8) is 0 Å². The number of benzene rings is 2. The summed E-state index contributed by atoms with van der Waals surface area (Å²) < 4.78 is 5.40. The highest BCUT2D eigenvalue weighted by Gasteiger charge is 2.59. The zero-order chi connectivity index (χ0) is 25.6. The van der Waals surface area contributed by atoms with E-state index in [0.29, 0.717) is 36.5 Å². The highest BCUT2D eigenvalue weighted by atomic mass is 16.5. The average molecular weight is 490 g/mol. The molecular weight excluding hydrogens is 458 g/mol. The van der Waals surface area contributed by atoms with Crippen molar-refractivity contribution in [3.05, 3.63) is 59.3 Å². The molecule has 0 radical (unpaired) electrons. The van der Waals surface area contributed by atoms with E-state index in [2.05, 4.69) is 10.3 Å². The summed E-state index contributed by atoms with van der Waals surface area (Å²) in [7, 11) is 5.58. The third kappa shape index (κ3) is 3.62. The molecule has 1 saturated heterocycles. The number of imide groups is 1. The van der Waals surface area contributed by atoms with E-state index in [1.807, 2.05) is 37.2 Å². The summed E-state index contributed by atoms with van der Waals surface area (Å²) in [6.07, 6.45) is 1.40. The zero-order valence-corrected chi connectivity index (χ0v) is 21.1. The molecule has 188 valence electrons. The summed E-state index contributed by atoms with van der Waals surface area (Å²) in [6.45, 7) is 3.52. The quantitative estimate of drug-likeness (QED) is 0.393. The van der Waals surface area contributed by atoms with Crippen LogP contribution in [-0.4, -0.2) is 73.5 Å². The van der Waals surface area contributed by atoms with Gasteiger partial charge in [0, 0.05) is 24.0 Å². The Labute approximate surface area is 210 Å². The monoisotopic (exact) mass is 489 g/mol. The molecular formula is C27H31N5O4. The van der Waals surface area contributed by atoms with E-state index in [0.717, 1.165) is 40.1 Å². The summed E-state index contributed by atoms with van der Waals surface area (Å²) in [5.41, 5.74) is 2.01. The molecule has 3 aromatic rings. The molecule has 9 nitrogen and oxygen atoms in total. The van der Waals surface area contributed by atoms with Gasteiger partial charge in [0.1, 0.15) is 5.75 Å². The molecule has 1 unspecified atom stereocenters. The Hall–Kier alpha value is -3.85. The molecule has 2 aliphatic rings. The summed E-state index contributed by atoms with van der Waals surface area (Å²) >= 11 is 0. The number of carbonyl (C=O) groups is 3. The highest BCUT2D eigenvalue weighted by Crippen LogP contribution is 2.46. The first-order chi connectivity index (χ1) is 17.3. The van der Waals surface area contributed by atoms with Crippen molar-refractivity contribution in [2.24, 2.45) is 0 Å². The maximum Gasteiger partial charge on any atom is 0.332 e. The minimum absolute atomic E-state index is 0.299. The summed E-state index contributed by atoms with van der Waals surface area (Å²) in [4.78, 5) is 48.9. The topological polar surface area (TPSA) is 98.0 Å². The predicted molar refractivity (Wildman–Crippen MR) is 137 cm³/mol. The number of nitrogens with zero attached hydrogens (tertiary/aromatic N) is 3. The van der Waals surface area contributed by atoms with Crippen LogP contribution >= 0.6 is 0 Å². The van der Waals surface area contributed by atoms with E-state index in [-0.39, 0.29) is 11.8 Å². The minimum Gasteiger partial charge on any atom is -0.497 e. The van der Waals surface area contributed by atoms with Gasteiger partial charge >= 0.3 is 6.03 Å². The molecule has 2 aliphatic heterocycles. The summed E-state index contributed by atoms with van der Waals surface area (Å²) in [5.74, 6) is 0.0519. The Balaban J connectivity index is 1.50. The van der Waals surface area contributed by atoms with Gasteiger partial charge in [-0.25, -0.2) is 9.69 Å². The van der Waals surface area contributed by atoms with Crippen LogP contribution in [0.4, 0.5) is 10.5 Å². The minimum atomic E-state index is -1.20. The largest absolute Gasteiger partial charge is 0.497 e. The lowest BCUT2D eigenvalue weighted by atomic mass is 9.87. The molecule has 4 amide bonds. The van der Waals surface area contributed by atoms with Crippen molar-refractivity contribution in [1.29, 1.82) is 0 Å². The maximum atomic E-state index is 14.0. The van der Waals surface area contributed by atoms with Crippen LogP contribution in [0.3, 0.4) is 0 Å². The van der Waals surface area contributed by atoms with Crippen LogP contribution in [0.5, 0.6) is 5.75 Å². The van der Waals surface area contributed by atoms with Crippen molar-refractivity contribution >= 4 is 34.4 Å². The number of hydrogen-bond donors (Lipinski definition) is 2. The molecule has 1 fully saturated rings.